The number of fused-ring (bicyclic) bond motifs is 1. The lowest BCUT2D eigenvalue weighted by atomic mass is 10.0. The van der Waals surface area contributed by atoms with Crippen LogP contribution in [0.3, 0.4) is 0 Å². The van der Waals surface area contributed by atoms with Crippen molar-refractivity contribution >= 4 is 28.0 Å². The lowest BCUT2D eigenvalue weighted by Gasteiger charge is -2.21. The number of ether oxygens (including phenoxy) is 2. The van der Waals surface area contributed by atoms with Gasteiger partial charge in [-0.3, -0.25) is 4.79 Å². The summed E-state index contributed by atoms with van der Waals surface area (Å²) in [5.74, 6) is 0.0857. The molecule has 0 aliphatic carbocycles. The highest BCUT2D eigenvalue weighted by atomic mass is 32.1. The van der Waals surface area contributed by atoms with Crippen LogP contribution in [0.25, 0.3) is 10.8 Å². The molecule has 1 amide bonds. The van der Waals surface area contributed by atoms with Crippen molar-refractivity contribution in [3.63, 3.8) is 0 Å². The minimum absolute atomic E-state index is 0.0857. The van der Waals surface area contributed by atoms with E-state index in [1.54, 1.807) is 30.5 Å². The van der Waals surface area contributed by atoms with Gasteiger partial charge in [-0.25, -0.2) is 4.98 Å². The number of methoxy groups -OCH3 is 2. The molecule has 5 nitrogen and oxygen atoms in total. The highest BCUT2D eigenvalue weighted by Crippen LogP contribution is 2.25. The van der Waals surface area contributed by atoms with Gasteiger partial charge in [-0.05, 0) is 23.3 Å². The van der Waals surface area contributed by atoms with Crippen LogP contribution in [0.1, 0.15) is 21.1 Å². The molecule has 154 valence electrons. The largest absolute Gasteiger partial charge is 0.383 e. The van der Waals surface area contributed by atoms with Gasteiger partial charge < -0.3 is 14.4 Å². The topological polar surface area (TPSA) is 51.7 Å². The van der Waals surface area contributed by atoms with E-state index in [1.807, 2.05) is 6.92 Å². The van der Waals surface area contributed by atoms with Gasteiger partial charge in [-0.2, -0.15) is 0 Å². The van der Waals surface area contributed by atoms with Crippen LogP contribution < -0.4 is 0 Å². The summed E-state index contributed by atoms with van der Waals surface area (Å²) in [6, 6.07) is 14.8. The van der Waals surface area contributed by atoms with Crippen molar-refractivity contribution in [3.05, 3.63) is 63.6 Å². The Hall–Kier alpha value is -2.28. The van der Waals surface area contributed by atoms with E-state index in [2.05, 4.69) is 42.5 Å². The van der Waals surface area contributed by atoms with Gasteiger partial charge in [-0.1, -0.05) is 42.5 Å². The third-order valence-corrected chi connectivity index (χ3v) is 6.11. The fourth-order valence-electron chi connectivity index (χ4n) is 3.35. The number of rotatable bonds is 10. The van der Waals surface area contributed by atoms with E-state index in [0.717, 1.165) is 22.0 Å². The number of hydrogen-bond acceptors (Lipinski definition) is 5. The average molecular weight is 413 g/mol. The summed E-state index contributed by atoms with van der Waals surface area (Å²) in [7, 11) is 3.29. The molecule has 0 spiro atoms. The van der Waals surface area contributed by atoms with Crippen LogP contribution in [0.4, 0.5) is 0 Å². The van der Waals surface area contributed by atoms with Gasteiger partial charge in [0.05, 0.1) is 30.3 Å². The molecule has 0 saturated carbocycles. The van der Waals surface area contributed by atoms with Crippen LogP contribution in [0.5, 0.6) is 0 Å². The Labute approximate surface area is 176 Å². The lowest BCUT2D eigenvalue weighted by molar-refractivity contribution is -0.131. The molecule has 3 rings (SSSR count). The first kappa shape index (κ1) is 21.4. The lowest BCUT2D eigenvalue weighted by Crippen LogP contribution is -2.37. The standard InChI is InChI=1S/C23H28N2O3S/c1-17-21(16-23(26)25(11-13-27-2)12-14-28-3)29-22(24-17)15-19-9-6-8-18-7-4-5-10-20(18)19/h4-10H,11-16H2,1-3H3. The number of nitrogens with zero attached hydrogens (tertiary/aromatic N) is 2. The zero-order chi connectivity index (χ0) is 20.6. The zero-order valence-electron chi connectivity index (χ0n) is 17.3. The van der Waals surface area contributed by atoms with Crippen LogP contribution >= 0.6 is 11.3 Å². The summed E-state index contributed by atoms with van der Waals surface area (Å²) in [6.45, 7) is 4.16. The number of benzene rings is 2. The van der Waals surface area contributed by atoms with E-state index in [-0.39, 0.29) is 5.91 Å². The molecule has 0 aliphatic heterocycles. The molecular formula is C23H28N2O3S. The summed E-state index contributed by atoms with van der Waals surface area (Å²) < 4.78 is 10.3. The number of aryl methyl sites for hydroxylation is 1. The van der Waals surface area contributed by atoms with Gasteiger partial charge in [0, 0.05) is 38.6 Å². The van der Waals surface area contributed by atoms with Crippen LogP contribution in [-0.4, -0.2) is 56.3 Å². The van der Waals surface area contributed by atoms with Gasteiger partial charge in [0.1, 0.15) is 0 Å². The molecule has 2 aromatic carbocycles. The van der Waals surface area contributed by atoms with E-state index >= 15 is 0 Å². The molecule has 0 atom stereocenters. The van der Waals surface area contributed by atoms with Crippen LogP contribution in [0.15, 0.2) is 42.5 Å². The highest BCUT2D eigenvalue weighted by molar-refractivity contribution is 7.11. The Morgan fingerprint density at radius 1 is 1.03 bits per heavy atom. The SMILES string of the molecule is COCCN(CCOC)C(=O)Cc1sc(Cc2cccc3ccccc23)nc1C. The molecule has 29 heavy (non-hydrogen) atoms. The molecule has 0 fully saturated rings. The Kier molecular flexibility index (Phi) is 7.75. The molecule has 0 aliphatic rings. The van der Waals surface area contributed by atoms with E-state index in [0.29, 0.717) is 32.7 Å². The molecule has 0 saturated heterocycles. The van der Waals surface area contributed by atoms with Gasteiger partial charge in [0.2, 0.25) is 5.91 Å². The number of hydrogen-bond donors (Lipinski definition) is 0. The summed E-state index contributed by atoms with van der Waals surface area (Å²) in [4.78, 5) is 20.4. The Balaban J connectivity index is 1.73. The Morgan fingerprint density at radius 2 is 1.72 bits per heavy atom. The minimum Gasteiger partial charge on any atom is -0.383 e. The van der Waals surface area contributed by atoms with Crippen molar-refractivity contribution < 1.29 is 14.3 Å². The summed E-state index contributed by atoms with van der Waals surface area (Å²) in [5.41, 5.74) is 2.20. The van der Waals surface area contributed by atoms with Crippen molar-refractivity contribution in [1.82, 2.24) is 9.88 Å². The zero-order valence-corrected chi connectivity index (χ0v) is 18.1. The molecule has 0 radical (unpaired) electrons. The van der Waals surface area contributed by atoms with E-state index in [4.69, 9.17) is 14.5 Å². The average Bonchev–Trinajstić information content (AvgIpc) is 3.07. The maximum atomic E-state index is 12.8. The Bertz CT molecular complexity index is 941. The third-order valence-electron chi connectivity index (χ3n) is 4.95. The maximum absolute atomic E-state index is 12.8. The number of amides is 1. The summed E-state index contributed by atoms with van der Waals surface area (Å²) in [5, 5.41) is 3.54. The summed E-state index contributed by atoms with van der Waals surface area (Å²) in [6.07, 6.45) is 1.14. The van der Waals surface area contributed by atoms with Crippen molar-refractivity contribution in [2.24, 2.45) is 0 Å². The van der Waals surface area contributed by atoms with Crippen LogP contribution in [0, 0.1) is 6.92 Å². The van der Waals surface area contributed by atoms with Gasteiger partial charge in [0.25, 0.3) is 0 Å². The van der Waals surface area contributed by atoms with Gasteiger partial charge in [0.15, 0.2) is 0 Å². The number of thiazole rings is 1. The van der Waals surface area contributed by atoms with Crippen molar-refractivity contribution in [3.8, 4) is 0 Å². The predicted molar refractivity (Wildman–Crippen MR) is 118 cm³/mol. The second-order valence-corrected chi connectivity index (χ2v) is 8.14. The molecule has 1 heterocycles. The molecule has 1 aromatic heterocycles. The quantitative estimate of drug-likeness (QED) is 0.507. The highest BCUT2D eigenvalue weighted by Gasteiger charge is 2.18. The van der Waals surface area contributed by atoms with E-state index in [1.165, 1.54) is 16.3 Å². The first-order valence-electron chi connectivity index (χ1n) is 9.80. The smallest absolute Gasteiger partial charge is 0.228 e. The molecule has 0 N–H and O–H groups in total. The van der Waals surface area contributed by atoms with E-state index in [9.17, 15) is 4.79 Å². The molecule has 0 unspecified atom stereocenters. The maximum Gasteiger partial charge on any atom is 0.228 e. The molecule has 0 bridgehead atoms. The molecule has 6 heteroatoms. The fourth-order valence-corrected chi connectivity index (χ4v) is 4.43. The van der Waals surface area contributed by atoms with Crippen molar-refractivity contribution in [1.29, 1.82) is 0 Å². The number of aromatic nitrogens is 1. The van der Waals surface area contributed by atoms with Crippen LogP contribution in [0.2, 0.25) is 0 Å². The fraction of sp³-hybridized carbons (Fsp3) is 0.391. The van der Waals surface area contributed by atoms with Crippen LogP contribution in [-0.2, 0) is 27.1 Å². The molecular weight excluding hydrogens is 384 g/mol. The first-order chi connectivity index (χ1) is 14.1. The second kappa shape index (κ2) is 10.5. The normalized spacial score (nSPS) is 11.1. The first-order valence-corrected chi connectivity index (χ1v) is 10.6. The van der Waals surface area contributed by atoms with Gasteiger partial charge >= 0.3 is 0 Å². The Morgan fingerprint density at radius 3 is 2.45 bits per heavy atom. The van der Waals surface area contributed by atoms with E-state index < -0.39 is 0 Å². The second-order valence-electron chi connectivity index (χ2n) is 6.97. The van der Waals surface area contributed by atoms with Crippen molar-refractivity contribution in [2.75, 3.05) is 40.5 Å². The number of carbonyl (C=O) groups is 1. The molecule has 3 aromatic rings. The monoisotopic (exact) mass is 412 g/mol. The van der Waals surface area contributed by atoms with Gasteiger partial charge in [-0.15, -0.1) is 11.3 Å². The number of carbonyl (C=O) groups excluding carboxylic acids is 1. The summed E-state index contributed by atoms with van der Waals surface area (Å²) >= 11 is 1.64. The minimum atomic E-state index is 0.0857. The van der Waals surface area contributed by atoms with Crippen molar-refractivity contribution in [2.45, 2.75) is 19.8 Å². The third kappa shape index (κ3) is 5.63. The predicted octanol–water partition coefficient (Wildman–Crippen LogP) is 3.86.